The summed E-state index contributed by atoms with van der Waals surface area (Å²) in [6.07, 6.45) is 0.914. The van der Waals surface area contributed by atoms with Crippen LogP contribution in [0.3, 0.4) is 0 Å². The summed E-state index contributed by atoms with van der Waals surface area (Å²) in [7, 11) is 0. The molecule has 0 unspecified atom stereocenters. The van der Waals surface area contributed by atoms with Gasteiger partial charge in [0.05, 0.1) is 25.9 Å². The minimum absolute atomic E-state index is 0.00651. The number of nitrogens with zero attached hydrogens (tertiary/aromatic N) is 1. The third kappa shape index (κ3) is 2.90. The van der Waals surface area contributed by atoms with Crippen molar-refractivity contribution in [2.45, 2.75) is 38.3 Å². The number of benzene rings is 1. The van der Waals surface area contributed by atoms with Gasteiger partial charge in [-0.1, -0.05) is 25.1 Å². The monoisotopic (exact) mass is 304 g/mol. The topological polar surface area (TPSA) is 50.8 Å². The van der Waals surface area contributed by atoms with Crippen LogP contribution in [0.2, 0.25) is 0 Å². The molecule has 1 saturated heterocycles. The van der Waals surface area contributed by atoms with Crippen molar-refractivity contribution in [2.75, 3.05) is 26.4 Å². The molecule has 2 aliphatic rings. The van der Waals surface area contributed by atoms with Crippen molar-refractivity contribution >= 4 is 6.03 Å². The second kappa shape index (κ2) is 6.57. The highest BCUT2D eigenvalue weighted by Gasteiger charge is 2.32. The van der Waals surface area contributed by atoms with Crippen LogP contribution in [0.25, 0.3) is 0 Å². The number of nitrogens with one attached hydrogen (secondary N) is 1. The van der Waals surface area contributed by atoms with Gasteiger partial charge in [-0.25, -0.2) is 4.79 Å². The number of amides is 2. The summed E-state index contributed by atoms with van der Waals surface area (Å²) in [4.78, 5) is 14.5. The second-order valence-corrected chi connectivity index (χ2v) is 6.02. The number of para-hydroxylation sites is 1. The Morgan fingerprint density at radius 1 is 1.41 bits per heavy atom. The molecule has 22 heavy (non-hydrogen) atoms. The average Bonchev–Trinajstić information content (AvgIpc) is 2.98. The van der Waals surface area contributed by atoms with Gasteiger partial charge in [0.15, 0.2) is 0 Å². The van der Waals surface area contributed by atoms with Crippen LogP contribution >= 0.6 is 0 Å². The summed E-state index contributed by atoms with van der Waals surface area (Å²) in [5.74, 6) is 1.15. The van der Waals surface area contributed by atoms with E-state index in [4.69, 9.17) is 9.47 Å². The predicted octanol–water partition coefficient (Wildman–Crippen LogP) is 2.37. The molecule has 1 aromatic carbocycles. The van der Waals surface area contributed by atoms with E-state index in [0.29, 0.717) is 26.4 Å². The number of rotatable bonds is 3. The van der Waals surface area contributed by atoms with Crippen molar-refractivity contribution in [1.29, 1.82) is 0 Å². The predicted molar refractivity (Wildman–Crippen MR) is 84.3 cm³/mol. The van der Waals surface area contributed by atoms with Gasteiger partial charge in [0.1, 0.15) is 5.75 Å². The summed E-state index contributed by atoms with van der Waals surface area (Å²) in [6, 6.07) is 8.28. The molecule has 0 radical (unpaired) electrons. The van der Waals surface area contributed by atoms with Crippen LogP contribution in [-0.4, -0.2) is 49.4 Å². The maximum atomic E-state index is 12.6. The maximum Gasteiger partial charge on any atom is 0.318 e. The lowest BCUT2D eigenvalue weighted by molar-refractivity contribution is 0.0106. The highest BCUT2D eigenvalue weighted by Crippen LogP contribution is 2.35. The highest BCUT2D eigenvalue weighted by molar-refractivity contribution is 5.75. The number of ether oxygens (including phenoxy) is 2. The molecule has 0 spiro atoms. The minimum Gasteiger partial charge on any atom is -0.493 e. The molecule has 3 atom stereocenters. The molecule has 1 N–H and O–H groups in total. The van der Waals surface area contributed by atoms with E-state index in [9.17, 15) is 4.79 Å². The van der Waals surface area contributed by atoms with Gasteiger partial charge in [-0.05, 0) is 19.4 Å². The van der Waals surface area contributed by atoms with Crippen LogP contribution in [0.5, 0.6) is 5.75 Å². The highest BCUT2D eigenvalue weighted by atomic mass is 16.5. The molecule has 120 valence electrons. The van der Waals surface area contributed by atoms with E-state index in [0.717, 1.165) is 12.2 Å². The largest absolute Gasteiger partial charge is 0.493 e. The molecule has 5 nitrogen and oxygen atoms in total. The number of fused-ring (bicyclic) bond motifs is 1. The van der Waals surface area contributed by atoms with E-state index in [1.807, 2.05) is 23.1 Å². The smallest absolute Gasteiger partial charge is 0.318 e. The molecule has 2 aliphatic heterocycles. The first-order valence-electron chi connectivity index (χ1n) is 8.07. The van der Waals surface area contributed by atoms with E-state index in [-0.39, 0.29) is 24.0 Å². The third-order valence-electron chi connectivity index (χ3n) is 4.65. The Labute approximate surface area is 131 Å². The lowest BCUT2D eigenvalue weighted by Gasteiger charge is -2.36. The van der Waals surface area contributed by atoms with Crippen LogP contribution in [0.15, 0.2) is 24.3 Å². The molecule has 1 aromatic rings. The fourth-order valence-corrected chi connectivity index (χ4v) is 3.24. The molecular weight excluding hydrogens is 280 g/mol. The summed E-state index contributed by atoms with van der Waals surface area (Å²) in [5.41, 5.74) is 1.18. The first kappa shape index (κ1) is 15.2. The average molecular weight is 304 g/mol. The number of hydrogen-bond acceptors (Lipinski definition) is 3. The van der Waals surface area contributed by atoms with Crippen molar-refractivity contribution in [3.63, 3.8) is 0 Å². The van der Waals surface area contributed by atoms with Crippen LogP contribution in [0.1, 0.15) is 31.7 Å². The van der Waals surface area contributed by atoms with Gasteiger partial charge in [-0.15, -0.1) is 0 Å². The summed E-state index contributed by atoms with van der Waals surface area (Å²) in [5, 5.41) is 3.15. The molecule has 1 fully saturated rings. The number of urea groups is 1. The molecule has 5 heteroatoms. The maximum absolute atomic E-state index is 12.6. The zero-order chi connectivity index (χ0) is 15.5. The lowest BCUT2D eigenvalue weighted by Crippen LogP contribution is -2.54. The Kier molecular flexibility index (Phi) is 4.52. The molecule has 2 amide bonds. The fourth-order valence-electron chi connectivity index (χ4n) is 3.24. The van der Waals surface area contributed by atoms with Crippen LogP contribution in [0, 0.1) is 0 Å². The van der Waals surface area contributed by atoms with Gasteiger partial charge >= 0.3 is 6.03 Å². The summed E-state index contributed by atoms with van der Waals surface area (Å²) in [6.45, 7) is 6.68. The van der Waals surface area contributed by atoms with Crippen molar-refractivity contribution in [1.82, 2.24) is 10.2 Å². The van der Waals surface area contributed by atoms with E-state index in [1.165, 1.54) is 5.56 Å². The first-order valence-corrected chi connectivity index (χ1v) is 8.07. The number of carbonyl (C=O) groups excluding carboxylic acids is 1. The van der Waals surface area contributed by atoms with Gasteiger partial charge in [0.2, 0.25) is 0 Å². The van der Waals surface area contributed by atoms with Crippen LogP contribution in [0.4, 0.5) is 4.79 Å². The minimum atomic E-state index is 0.00651. The van der Waals surface area contributed by atoms with Crippen molar-refractivity contribution in [3.8, 4) is 5.75 Å². The SMILES string of the molecule is CC[C@@H]1COCCN1C(=O)N[C@@H](C)[C@H]1COc2ccccc21. The van der Waals surface area contributed by atoms with Crippen molar-refractivity contribution in [2.24, 2.45) is 0 Å². The zero-order valence-corrected chi connectivity index (χ0v) is 13.2. The van der Waals surface area contributed by atoms with E-state index in [2.05, 4.69) is 25.2 Å². The van der Waals surface area contributed by atoms with Gasteiger partial charge in [0.25, 0.3) is 0 Å². The first-order chi connectivity index (χ1) is 10.7. The summed E-state index contributed by atoms with van der Waals surface area (Å²) < 4.78 is 11.2. The zero-order valence-electron chi connectivity index (χ0n) is 13.2. The van der Waals surface area contributed by atoms with Crippen molar-refractivity contribution < 1.29 is 14.3 Å². The van der Waals surface area contributed by atoms with E-state index in [1.54, 1.807) is 0 Å². The summed E-state index contributed by atoms with van der Waals surface area (Å²) >= 11 is 0. The number of morpholine rings is 1. The van der Waals surface area contributed by atoms with E-state index >= 15 is 0 Å². The molecular formula is C17H24N2O3. The Morgan fingerprint density at radius 2 is 2.23 bits per heavy atom. The number of carbonyl (C=O) groups is 1. The normalized spacial score (nSPS) is 25.3. The van der Waals surface area contributed by atoms with Gasteiger partial charge in [0, 0.05) is 24.1 Å². The third-order valence-corrected chi connectivity index (χ3v) is 4.65. The standard InChI is InChI=1S/C17H24N2O3/c1-3-13-10-21-9-8-19(13)17(20)18-12(2)15-11-22-16-7-5-4-6-14(15)16/h4-7,12-13,15H,3,8-11H2,1-2H3,(H,18,20)/t12-,13+,15+/m0/s1. The Bertz CT molecular complexity index is 534. The Hall–Kier alpha value is -1.75. The van der Waals surface area contributed by atoms with Gasteiger partial charge in [-0.3, -0.25) is 0 Å². The molecule has 3 rings (SSSR count). The Morgan fingerprint density at radius 3 is 3.05 bits per heavy atom. The molecule has 0 aliphatic carbocycles. The van der Waals surface area contributed by atoms with E-state index < -0.39 is 0 Å². The van der Waals surface area contributed by atoms with Crippen LogP contribution < -0.4 is 10.1 Å². The second-order valence-electron chi connectivity index (χ2n) is 6.02. The Balaban J connectivity index is 1.64. The fraction of sp³-hybridized carbons (Fsp3) is 0.588. The molecule has 0 saturated carbocycles. The lowest BCUT2D eigenvalue weighted by atomic mass is 9.94. The van der Waals surface area contributed by atoms with Crippen molar-refractivity contribution in [3.05, 3.63) is 29.8 Å². The number of hydrogen-bond donors (Lipinski definition) is 1. The molecule has 2 heterocycles. The quantitative estimate of drug-likeness (QED) is 0.933. The van der Waals surface area contributed by atoms with Gasteiger partial charge < -0.3 is 19.7 Å². The van der Waals surface area contributed by atoms with Gasteiger partial charge in [-0.2, -0.15) is 0 Å². The molecule has 0 bridgehead atoms. The van der Waals surface area contributed by atoms with Crippen LogP contribution in [-0.2, 0) is 4.74 Å². The molecule has 0 aromatic heterocycles.